The molecule has 0 unspecified atom stereocenters. The number of carbonyl (C=O) groups excluding carboxylic acids is 1. The van der Waals surface area contributed by atoms with Crippen LogP contribution in [0, 0.1) is 0 Å². The predicted molar refractivity (Wildman–Crippen MR) is 159 cm³/mol. The van der Waals surface area contributed by atoms with E-state index in [0.29, 0.717) is 11.8 Å². The molecule has 3 N–H and O–H groups in total. The third-order valence-electron chi connectivity index (χ3n) is 6.80. The molecule has 0 aliphatic carbocycles. The number of hydrogen-bond acceptors (Lipinski definition) is 4. The van der Waals surface area contributed by atoms with Crippen LogP contribution in [0.5, 0.6) is 5.75 Å². The molecule has 3 rings (SSSR count). The van der Waals surface area contributed by atoms with Crippen molar-refractivity contribution in [3.8, 4) is 5.75 Å². The van der Waals surface area contributed by atoms with E-state index in [2.05, 4.69) is 31.3 Å². The number of carboxylic acids is 1. The van der Waals surface area contributed by atoms with Crippen LogP contribution in [0.1, 0.15) is 93.1 Å². The largest absolute Gasteiger partial charge is 0.506 e. The average Bonchev–Trinajstić information content (AvgIpc) is 2.91. The molecule has 204 valence electrons. The van der Waals surface area contributed by atoms with Gasteiger partial charge in [0.1, 0.15) is 5.75 Å². The number of phenolic OH excluding ortho intramolecular Hbond substituents is 1. The standard InChI is InChI=1S/C32H41NO4S/c1-3-5-7-13-23-18-19-28(24(21-23)14-8-6-4-2)33-32(37)27-22-29(38-20-12-11-17-30(34)35)25-15-9-10-16-26(25)31(27)36/h9-10,15-16,18-19,21-22,36H,3-8,11-14,17,20H2,1-2H3,(H,33,37)(H,34,35). The van der Waals surface area contributed by atoms with Crippen LogP contribution in [-0.4, -0.2) is 27.8 Å². The van der Waals surface area contributed by atoms with Crippen molar-refractivity contribution in [1.82, 2.24) is 0 Å². The van der Waals surface area contributed by atoms with Gasteiger partial charge in [0, 0.05) is 22.4 Å². The van der Waals surface area contributed by atoms with Gasteiger partial charge in [-0.25, -0.2) is 0 Å². The Bertz CT molecular complexity index is 1220. The van der Waals surface area contributed by atoms with Crippen molar-refractivity contribution in [2.45, 2.75) is 89.4 Å². The lowest BCUT2D eigenvalue weighted by Crippen LogP contribution is -2.14. The zero-order valence-electron chi connectivity index (χ0n) is 22.7. The highest BCUT2D eigenvalue weighted by Gasteiger charge is 2.19. The van der Waals surface area contributed by atoms with Crippen molar-refractivity contribution >= 4 is 40.1 Å². The molecule has 0 aliphatic heterocycles. The molecule has 1 amide bonds. The summed E-state index contributed by atoms with van der Waals surface area (Å²) in [5.74, 6) is -0.384. The Balaban J connectivity index is 1.84. The fraction of sp³-hybridized carbons (Fsp3) is 0.438. The van der Waals surface area contributed by atoms with E-state index in [1.807, 2.05) is 30.3 Å². The van der Waals surface area contributed by atoms with Gasteiger partial charge in [0.25, 0.3) is 5.91 Å². The number of amides is 1. The number of anilines is 1. The van der Waals surface area contributed by atoms with Crippen LogP contribution in [0.3, 0.4) is 0 Å². The summed E-state index contributed by atoms with van der Waals surface area (Å²) in [6.07, 6.45) is 10.4. The minimum absolute atomic E-state index is 0.0166. The first-order valence-electron chi connectivity index (χ1n) is 14.0. The summed E-state index contributed by atoms with van der Waals surface area (Å²) < 4.78 is 0. The zero-order valence-corrected chi connectivity index (χ0v) is 23.5. The first-order chi connectivity index (χ1) is 18.4. The number of rotatable bonds is 16. The predicted octanol–water partition coefficient (Wildman–Crippen LogP) is 8.61. The quantitative estimate of drug-likeness (QED) is 0.126. The second-order valence-corrected chi connectivity index (χ2v) is 11.0. The summed E-state index contributed by atoms with van der Waals surface area (Å²) in [4.78, 5) is 25.2. The van der Waals surface area contributed by atoms with Crippen LogP contribution < -0.4 is 5.32 Å². The topological polar surface area (TPSA) is 86.6 Å². The summed E-state index contributed by atoms with van der Waals surface area (Å²) in [5, 5.41) is 24.6. The third kappa shape index (κ3) is 8.52. The molecule has 0 spiro atoms. The van der Waals surface area contributed by atoms with Gasteiger partial charge in [0.15, 0.2) is 0 Å². The van der Waals surface area contributed by atoms with E-state index < -0.39 is 5.97 Å². The number of aromatic hydroxyl groups is 1. The Kier molecular flexibility index (Phi) is 12.0. The Morgan fingerprint density at radius 1 is 0.842 bits per heavy atom. The monoisotopic (exact) mass is 535 g/mol. The smallest absolute Gasteiger partial charge is 0.303 e. The van der Waals surface area contributed by atoms with E-state index in [9.17, 15) is 14.7 Å². The highest BCUT2D eigenvalue weighted by Crippen LogP contribution is 2.37. The number of nitrogens with one attached hydrogen (secondary N) is 1. The highest BCUT2D eigenvalue weighted by molar-refractivity contribution is 7.99. The second kappa shape index (κ2) is 15.4. The molecule has 0 fully saturated rings. The highest BCUT2D eigenvalue weighted by atomic mass is 32.2. The maximum absolute atomic E-state index is 13.5. The first kappa shape index (κ1) is 29.6. The van der Waals surface area contributed by atoms with Gasteiger partial charge < -0.3 is 15.5 Å². The van der Waals surface area contributed by atoms with E-state index in [1.165, 1.54) is 18.4 Å². The maximum atomic E-state index is 13.5. The number of benzene rings is 3. The Morgan fingerprint density at radius 2 is 1.55 bits per heavy atom. The number of carboxylic acid groups (broad SMARTS) is 1. The summed E-state index contributed by atoms with van der Waals surface area (Å²) >= 11 is 1.59. The zero-order chi connectivity index (χ0) is 27.3. The molecule has 0 radical (unpaired) electrons. The fourth-order valence-electron chi connectivity index (χ4n) is 4.65. The number of aryl methyl sites for hydroxylation is 2. The molecule has 3 aromatic carbocycles. The van der Waals surface area contributed by atoms with Gasteiger partial charge in [0.2, 0.25) is 0 Å². The lowest BCUT2D eigenvalue weighted by molar-refractivity contribution is -0.137. The van der Waals surface area contributed by atoms with Crippen LogP contribution in [0.4, 0.5) is 5.69 Å². The molecule has 0 aromatic heterocycles. The minimum Gasteiger partial charge on any atom is -0.506 e. The second-order valence-electron chi connectivity index (χ2n) is 9.88. The van der Waals surface area contributed by atoms with Crippen molar-refractivity contribution in [3.63, 3.8) is 0 Å². The molecule has 0 bridgehead atoms. The van der Waals surface area contributed by atoms with Crippen LogP contribution in [0.25, 0.3) is 10.8 Å². The molecule has 3 aromatic rings. The van der Waals surface area contributed by atoms with E-state index in [4.69, 9.17) is 5.11 Å². The molecule has 0 atom stereocenters. The summed E-state index contributed by atoms with van der Waals surface area (Å²) in [6, 6.07) is 15.7. The number of unbranched alkanes of at least 4 members (excludes halogenated alkanes) is 5. The van der Waals surface area contributed by atoms with Crippen molar-refractivity contribution in [2.75, 3.05) is 11.1 Å². The lowest BCUT2D eigenvalue weighted by Gasteiger charge is -2.16. The molecule has 0 saturated carbocycles. The Morgan fingerprint density at radius 3 is 2.26 bits per heavy atom. The lowest BCUT2D eigenvalue weighted by atomic mass is 9.99. The molecule has 5 nitrogen and oxygen atoms in total. The average molecular weight is 536 g/mol. The molecule has 6 heteroatoms. The van der Waals surface area contributed by atoms with Crippen LogP contribution in [-0.2, 0) is 17.6 Å². The molecule has 0 saturated heterocycles. The van der Waals surface area contributed by atoms with E-state index >= 15 is 0 Å². The van der Waals surface area contributed by atoms with E-state index in [-0.39, 0.29) is 23.6 Å². The van der Waals surface area contributed by atoms with Crippen LogP contribution in [0.15, 0.2) is 53.4 Å². The summed E-state index contributed by atoms with van der Waals surface area (Å²) in [7, 11) is 0. The van der Waals surface area contributed by atoms with Crippen molar-refractivity contribution in [1.29, 1.82) is 0 Å². The van der Waals surface area contributed by atoms with Gasteiger partial charge >= 0.3 is 5.97 Å². The van der Waals surface area contributed by atoms with Gasteiger partial charge in [0.05, 0.1) is 5.56 Å². The van der Waals surface area contributed by atoms with Crippen LogP contribution in [0.2, 0.25) is 0 Å². The summed E-state index contributed by atoms with van der Waals surface area (Å²) in [6.45, 7) is 4.40. The number of hydrogen-bond donors (Lipinski definition) is 3. The summed E-state index contributed by atoms with van der Waals surface area (Å²) in [5.41, 5.74) is 3.51. The number of thioether (sulfide) groups is 1. The van der Waals surface area contributed by atoms with Gasteiger partial charge in [-0.1, -0.05) is 75.9 Å². The van der Waals surface area contributed by atoms with Gasteiger partial charge in [-0.05, 0) is 72.9 Å². The molecular weight excluding hydrogens is 494 g/mol. The molecule has 0 aliphatic rings. The Hall–Kier alpha value is -2.99. The van der Waals surface area contributed by atoms with Gasteiger partial charge in [-0.15, -0.1) is 11.8 Å². The molecular formula is C32H41NO4S. The molecule has 38 heavy (non-hydrogen) atoms. The Labute approximate surface area is 231 Å². The van der Waals surface area contributed by atoms with E-state index in [0.717, 1.165) is 72.2 Å². The van der Waals surface area contributed by atoms with Gasteiger partial charge in [-0.3, -0.25) is 9.59 Å². The maximum Gasteiger partial charge on any atom is 0.303 e. The van der Waals surface area contributed by atoms with Crippen molar-refractivity contribution in [2.24, 2.45) is 0 Å². The minimum atomic E-state index is -0.785. The molecule has 0 heterocycles. The van der Waals surface area contributed by atoms with Crippen molar-refractivity contribution < 1.29 is 19.8 Å². The third-order valence-corrected chi connectivity index (χ3v) is 7.94. The van der Waals surface area contributed by atoms with Crippen molar-refractivity contribution in [3.05, 3.63) is 65.2 Å². The normalized spacial score (nSPS) is 11.1. The SMILES string of the molecule is CCCCCc1ccc(NC(=O)c2cc(SCCCCC(=O)O)c3ccccc3c2O)c(CCCCC)c1. The van der Waals surface area contributed by atoms with Gasteiger partial charge in [-0.2, -0.15) is 0 Å². The number of phenols is 1. The van der Waals surface area contributed by atoms with Crippen LogP contribution >= 0.6 is 11.8 Å². The van der Waals surface area contributed by atoms with E-state index in [1.54, 1.807) is 17.8 Å². The number of fused-ring (bicyclic) bond motifs is 1. The number of aliphatic carboxylic acids is 1. The first-order valence-corrected chi connectivity index (χ1v) is 15.0. The number of carbonyl (C=O) groups is 2. The fourth-order valence-corrected chi connectivity index (χ4v) is 5.75.